The molecule has 0 aromatic rings. The van der Waals surface area contributed by atoms with Gasteiger partial charge in [0, 0.05) is 0 Å². The van der Waals surface area contributed by atoms with Crippen molar-refractivity contribution in [1.82, 2.24) is 0 Å². The summed E-state index contributed by atoms with van der Waals surface area (Å²) in [6.07, 6.45) is 6.77. The molecule has 15 heavy (non-hydrogen) atoms. The van der Waals surface area contributed by atoms with Gasteiger partial charge in [-0.25, -0.2) is 0 Å². The van der Waals surface area contributed by atoms with Crippen LogP contribution in [0.1, 0.15) is 66.2 Å². The number of carboxylic acid groups (broad SMARTS) is 1. The first kappa shape index (κ1) is 14.5. The van der Waals surface area contributed by atoms with Crippen LogP contribution in [0, 0.1) is 11.3 Å². The van der Waals surface area contributed by atoms with Crippen molar-refractivity contribution >= 4 is 5.97 Å². The predicted molar refractivity (Wildman–Crippen MR) is 64.0 cm³/mol. The molecule has 0 heterocycles. The van der Waals surface area contributed by atoms with E-state index in [-0.39, 0.29) is 5.92 Å². The second-order valence-corrected chi connectivity index (χ2v) is 5.04. The second-order valence-electron chi connectivity index (χ2n) is 5.04. The topological polar surface area (TPSA) is 37.3 Å². The minimum atomic E-state index is -0.645. The molecule has 0 aliphatic rings. The van der Waals surface area contributed by atoms with Crippen LogP contribution in [-0.2, 0) is 4.79 Å². The highest BCUT2D eigenvalue weighted by Gasteiger charge is 2.35. The molecule has 0 aromatic heterocycles. The molecule has 0 spiro atoms. The van der Waals surface area contributed by atoms with E-state index >= 15 is 0 Å². The largest absolute Gasteiger partial charge is 0.481 e. The first-order valence-corrected chi connectivity index (χ1v) is 6.18. The van der Waals surface area contributed by atoms with Gasteiger partial charge >= 0.3 is 5.97 Å². The number of unbranched alkanes of at least 4 members (excludes halogenated alkanes) is 4. The highest BCUT2D eigenvalue weighted by atomic mass is 16.4. The Morgan fingerprint density at radius 1 is 1.20 bits per heavy atom. The number of carbonyl (C=O) groups is 1. The van der Waals surface area contributed by atoms with Crippen LogP contribution in [0.25, 0.3) is 0 Å². The lowest BCUT2D eigenvalue weighted by atomic mass is 9.75. The van der Waals surface area contributed by atoms with Crippen molar-refractivity contribution in [3.05, 3.63) is 0 Å². The minimum Gasteiger partial charge on any atom is -0.481 e. The second kappa shape index (κ2) is 6.86. The molecule has 1 unspecified atom stereocenters. The van der Waals surface area contributed by atoms with E-state index in [9.17, 15) is 9.90 Å². The van der Waals surface area contributed by atoms with Crippen molar-refractivity contribution < 1.29 is 9.90 Å². The molecule has 0 aliphatic heterocycles. The van der Waals surface area contributed by atoms with Crippen molar-refractivity contribution in [1.29, 1.82) is 0 Å². The summed E-state index contributed by atoms with van der Waals surface area (Å²) in [5.41, 5.74) is -0.536. The zero-order valence-electron chi connectivity index (χ0n) is 10.7. The average Bonchev–Trinajstić information content (AvgIpc) is 2.16. The summed E-state index contributed by atoms with van der Waals surface area (Å²) in [4.78, 5) is 11.2. The number of carboxylic acids is 1. The van der Waals surface area contributed by atoms with Crippen LogP contribution in [0.15, 0.2) is 0 Å². The predicted octanol–water partition coefficient (Wildman–Crippen LogP) is 4.09. The molecule has 0 bridgehead atoms. The zero-order chi connectivity index (χ0) is 11.9. The Hall–Kier alpha value is -0.530. The summed E-state index contributed by atoms with van der Waals surface area (Å²) in [6.45, 7) is 8.07. The summed E-state index contributed by atoms with van der Waals surface area (Å²) in [7, 11) is 0. The van der Waals surface area contributed by atoms with E-state index in [2.05, 4.69) is 6.92 Å². The van der Waals surface area contributed by atoms with E-state index in [1.165, 1.54) is 25.7 Å². The van der Waals surface area contributed by atoms with Crippen molar-refractivity contribution in [3.8, 4) is 0 Å². The standard InChI is InChI=1S/C13H26O2/c1-5-6-7-8-9-10-13(4,11(2)3)12(14)15/h11H,5-10H2,1-4H3,(H,14,15). The van der Waals surface area contributed by atoms with Gasteiger partial charge in [0.25, 0.3) is 0 Å². The van der Waals surface area contributed by atoms with E-state index in [4.69, 9.17) is 0 Å². The SMILES string of the molecule is CCCCCCCC(C)(C(=O)O)C(C)C. The minimum absolute atomic E-state index is 0.209. The molecule has 0 aromatic carbocycles. The van der Waals surface area contributed by atoms with Crippen molar-refractivity contribution in [3.63, 3.8) is 0 Å². The smallest absolute Gasteiger partial charge is 0.309 e. The Bertz CT molecular complexity index is 187. The fourth-order valence-corrected chi connectivity index (χ4v) is 1.74. The molecule has 2 nitrogen and oxygen atoms in total. The number of aliphatic carboxylic acids is 1. The lowest BCUT2D eigenvalue weighted by Crippen LogP contribution is -2.33. The molecular weight excluding hydrogens is 188 g/mol. The molecule has 0 radical (unpaired) electrons. The van der Waals surface area contributed by atoms with E-state index in [1.54, 1.807) is 0 Å². The van der Waals surface area contributed by atoms with E-state index in [0.717, 1.165) is 12.8 Å². The van der Waals surface area contributed by atoms with Crippen LogP contribution in [0.5, 0.6) is 0 Å². The van der Waals surface area contributed by atoms with Gasteiger partial charge in [-0.1, -0.05) is 52.9 Å². The normalized spacial score (nSPS) is 15.3. The highest BCUT2D eigenvalue weighted by molar-refractivity contribution is 5.74. The van der Waals surface area contributed by atoms with Crippen molar-refractivity contribution in [2.24, 2.45) is 11.3 Å². The van der Waals surface area contributed by atoms with Crippen LogP contribution in [0.3, 0.4) is 0 Å². The third-order valence-corrected chi connectivity index (χ3v) is 3.56. The Kier molecular flexibility index (Phi) is 6.62. The van der Waals surface area contributed by atoms with Gasteiger partial charge in [-0.05, 0) is 19.3 Å². The Balaban J connectivity index is 3.93. The molecule has 0 aliphatic carbocycles. The van der Waals surface area contributed by atoms with Crippen LogP contribution in [-0.4, -0.2) is 11.1 Å². The molecule has 1 N–H and O–H groups in total. The molecule has 90 valence electrons. The van der Waals surface area contributed by atoms with Crippen LogP contribution < -0.4 is 0 Å². The maximum atomic E-state index is 11.2. The van der Waals surface area contributed by atoms with Gasteiger partial charge < -0.3 is 5.11 Å². The molecule has 2 heteroatoms. The molecule has 0 saturated carbocycles. The van der Waals surface area contributed by atoms with Gasteiger partial charge in [0.05, 0.1) is 5.41 Å². The lowest BCUT2D eigenvalue weighted by Gasteiger charge is -2.29. The third kappa shape index (κ3) is 4.67. The molecule has 0 saturated heterocycles. The monoisotopic (exact) mass is 214 g/mol. The Labute approximate surface area is 94.1 Å². The molecular formula is C13H26O2. The number of rotatable bonds is 8. The fraction of sp³-hybridized carbons (Fsp3) is 0.923. The first-order valence-electron chi connectivity index (χ1n) is 6.18. The maximum absolute atomic E-state index is 11.2. The number of hydrogen-bond donors (Lipinski definition) is 1. The van der Waals surface area contributed by atoms with Gasteiger partial charge in [-0.15, -0.1) is 0 Å². The fourth-order valence-electron chi connectivity index (χ4n) is 1.74. The van der Waals surface area contributed by atoms with Crippen LogP contribution >= 0.6 is 0 Å². The highest BCUT2D eigenvalue weighted by Crippen LogP contribution is 2.33. The van der Waals surface area contributed by atoms with Crippen LogP contribution in [0.4, 0.5) is 0 Å². The lowest BCUT2D eigenvalue weighted by molar-refractivity contribution is -0.151. The molecule has 0 fully saturated rings. The van der Waals surface area contributed by atoms with Crippen molar-refractivity contribution in [2.45, 2.75) is 66.2 Å². The van der Waals surface area contributed by atoms with E-state index in [1.807, 2.05) is 20.8 Å². The van der Waals surface area contributed by atoms with Gasteiger partial charge in [0.15, 0.2) is 0 Å². The summed E-state index contributed by atoms with van der Waals surface area (Å²) in [5, 5.41) is 9.21. The Morgan fingerprint density at radius 3 is 2.13 bits per heavy atom. The third-order valence-electron chi connectivity index (χ3n) is 3.56. The quantitative estimate of drug-likeness (QED) is 0.618. The number of hydrogen-bond acceptors (Lipinski definition) is 1. The van der Waals surface area contributed by atoms with E-state index < -0.39 is 11.4 Å². The van der Waals surface area contributed by atoms with Gasteiger partial charge in [-0.3, -0.25) is 4.79 Å². The summed E-state index contributed by atoms with van der Waals surface area (Å²) in [6, 6.07) is 0. The molecule has 1 atom stereocenters. The molecule has 0 rings (SSSR count). The summed E-state index contributed by atoms with van der Waals surface area (Å²) in [5.74, 6) is -0.436. The van der Waals surface area contributed by atoms with Gasteiger partial charge in [0.2, 0.25) is 0 Å². The molecule has 0 amide bonds. The van der Waals surface area contributed by atoms with Crippen molar-refractivity contribution in [2.75, 3.05) is 0 Å². The first-order chi connectivity index (χ1) is 6.95. The van der Waals surface area contributed by atoms with E-state index in [0.29, 0.717) is 0 Å². The zero-order valence-corrected chi connectivity index (χ0v) is 10.7. The maximum Gasteiger partial charge on any atom is 0.309 e. The van der Waals surface area contributed by atoms with Gasteiger partial charge in [0.1, 0.15) is 0 Å². The summed E-state index contributed by atoms with van der Waals surface area (Å²) >= 11 is 0. The Morgan fingerprint density at radius 2 is 1.73 bits per heavy atom. The summed E-state index contributed by atoms with van der Waals surface area (Å²) < 4.78 is 0. The van der Waals surface area contributed by atoms with Crippen LogP contribution in [0.2, 0.25) is 0 Å². The van der Waals surface area contributed by atoms with Gasteiger partial charge in [-0.2, -0.15) is 0 Å². The average molecular weight is 214 g/mol.